The minimum Gasteiger partial charge on any atom is -0.313 e. The molecule has 1 heteroatoms. The molecule has 0 aromatic heterocycles. The van der Waals surface area contributed by atoms with Gasteiger partial charge in [-0.25, -0.2) is 0 Å². The van der Waals surface area contributed by atoms with E-state index in [1.807, 2.05) is 0 Å². The van der Waals surface area contributed by atoms with Crippen LogP contribution in [0.15, 0.2) is 60.7 Å². The van der Waals surface area contributed by atoms with E-state index in [1.54, 1.807) is 0 Å². The second kappa shape index (κ2) is 4.72. The van der Waals surface area contributed by atoms with Crippen LogP contribution in [0.1, 0.15) is 23.5 Å². The van der Waals surface area contributed by atoms with Gasteiger partial charge < -0.3 is 5.32 Å². The Kier molecular flexibility index (Phi) is 2.93. The first-order chi connectivity index (χ1) is 8.45. The molecule has 2 aromatic rings. The predicted octanol–water partition coefficient (Wildman–Crippen LogP) is 3.18. The first-order valence-electron chi connectivity index (χ1n) is 6.28. The van der Waals surface area contributed by atoms with Gasteiger partial charge in [0.15, 0.2) is 0 Å². The highest BCUT2D eigenvalue weighted by Crippen LogP contribution is 2.31. The second-order valence-electron chi connectivity index (χ2n) is 4.65. The van der Waals surface area contributed by atoms with Gasteiger partial charge in [-0.2, -0.15) is 0 Å². The molecule has 1 heterocycles. The van der Waals surface area contributed by atoms with Gasteiger partial charge in [0.1, 0.15) is 0 Å². The second-order valence-corrected chi connectivity index (χ2v) is 4.65. The quantitative estimate of drug-likeness (QED) is 0.842. The Labute approximate surface area is 102 Å². The van der Waals surface area contributed by atoms with E-state index in [0.717, 1.165) is 6.54 Å². The third-order valence-electron chi connectivity index (χ3n) is 3.58. The van der Waals surface area contributed by atoms with E-state index in [9.17, 15) is 0 Å². The van der Waals surface area contributed by atoms with Gasteiger partial charge in [-0.3, -0.25) is 0 Å². The standard InChI is InChI=1S/C16H17N/c1-3-7-13(8-4-1)16(15-11-12-17-15)14-9-5-2-6-10-14/h1-10,15-17H,11-12H2. The molecule has 0 saturated carbocycles. The van der Waals surface area contributed by atoms with Crippen molar-refractivity contribution < 1.29 is 0 Å². The smallest absolute Gasteiger partial charge is 0.0243 e. The average molecular weight is 223 g/mol. The van der Waals surface area contributed by atoms with Gasteiger partial charge in [-0.1, -0.05) is 60.7 Å². The zero-order valence-electron chi connectivity index (χ0n) is 9.84. The molecule has 1 aliphatic heterocycles. The average Bonchev–Trinajstić information content (AvgIpc) is 2.36. The van der Waals surface area contributed by atoms with Gasteiger partial charge in [0.05, 0.1) is 0 Å². The molecule has 1 fully saturated rings. The fraction of sp³-hybridized carbons (Fsp3) is 0.250. The molecule has 2 aromatic carbocycles. The topological polar surface area (TPSA) is 12.0 Å². The van der Waals surface area contributed by atoms with Crippen LogP contribution in [0.2, 0.25) is 0 Å². The van der Waals surface area contributed by atoms with Crippen LogP contribution in [0.3, 0.4) is 0 Å². The van der Waals surface area contributed by atoms with E-state index in [1.165, 1.54) is 17.5 Å². The van der Waals surface area contributed by atoms with Crippen LogP contribution < -0.4 is 5.32 Å². The number of benzene rings is 2. The predicted molar refractivity (Wildman–Crippen MR) is 71.1 cm³/mol. The van der Waals surface area contributed by atoms with Crippen LogP contribution in [0, 0.1) is 0 Å². The lowest BCUT2D eigenvalue weighted by molar-refractivity contribution is 0.339. The molecule has 3 rings (SSSR count). The van der Waals surface area contributed by atoms with Crippen LogP contribution in [0.4, 0.5) is 0 Å². The Morgan fingerprint density at radius 2 is 1.29 bits per heavy atom. The zero-order valence-corrected chi connectivity index (χ0v) is 9.84. The molecule has 86 valence electrons. The highest BCUT2D eigenvalue weighted by atomic mass is 15.0. The molecular weight excluding hydrogens is 206 g/mol. The normalized spacial score (nSPS) is 19.0. The van der Waals surface area contributed by atoms with Crippen molar-refractivity contribution in [3.63, 3.8) is 0 Å². The van der Waals surface area contributed by atoms with E-state index >= 15 is 0 Å². The molecule has 0 aliphatic carbocycles. The number of rotatable bonds is 3. The lowest BCUT2D eigenvalue weighted by Gasteiger charge is -2.36. The summed E-state index contributed by atoms with van der Waals surface area (Å²) in [4.78, 5) is 0. The Hall–Kier alpha value is -1.60. The molecule has 1 nitrogen and oxygen atoms in total. The summed E-state index contributed by atoms with van der Waals surface area (Å²) in [5.41, 5.74) is 2.83. The van der Waals surface area contributed by atoms with Crippen LogP contribution in [0.5, 0.6) is 0 Å². The van der Waals surface area contributed by atoms with Gasteiger partial charge in [0, 0.05) is 12.0 Å². The molecule has 0 radical (unpaired) electrons. The molecule has 17 heavy (non-hydrogen) atoms. The van der Waals surface area contributed by atoms with Gasteiger partial charge in [-0.15, -0.1) is 0 Å². The Bertz CT molecular complexity index is 420. The van der Waals surface area contributed by atoms with Crippen LogP contribution in [-0.4, -0.2) is 12.6 Å². The lowest BCUT2D eigenvalue weighted by Crippen LogP contribution is -2.47. The van der Waals surface area contributed by atoms with Gasteiger partial charge in [-0.05, 0) is 24.1 Å². The van der Waals surface area contributed by atoms with E-state index in [2.05, 4.69) is 66.0 Å². The third kappa shape index (κ3) is 2.11. The third-order valence-corrected chi connectivity index (χ3v) is 3.58. The Balaban J connectivity index is 1.98. The summed E-state index contributed by atoms with van der Waals surface area (Å²) in [6.07, 6.45) is 1.27. The maximum absolute atomic E-state index is 3.54. The zero-order chi connectivity index (χ0) is 11.5. The first-order valence-corrected chi connectivity index (χ1v) is 6.28. The summed E-state index contributed by atoms with van der Waals surface area (Å²) in [5, 5.41) is 3.54. The highest BCUT2D eigenvalue weighted by molar-refractivity contribution is 5.35. The number of nitrogens with one attached hydrogen (secondary N) is 1. The van der Waals surface area contributed by atoms with Crippen LogP contribution in [0.25, 0.3) is 0 Å². The Morgan fingerprint density at radius 1 is 0.824 bits per heavy atom. The van der Waals surface area contributed by atoms with Crippen molar-refractivity contribution in [2.45, 2.75) is 18.4 Å². The van der Waals surface area contributed by atoms with E-state index in [-0.39, 0.29) is 0 Å². The summed E-state index contributed by atoms with van der Waals surface area (Å²) in [6, 6.07) is 22.2. The summed E-state index contributed by atoms with van der Waals surface area (Å²) in [6.45, 7) is 1.15. The monoisotopic (exact) mass is 223 g/mol. The highest BCUT2D eigenvalue weighted by Gasteiger charge is 2.28. The summed E-state index contributed by atoms with van der Waals surface area (Å²) in [5.74, 6) is 0.492. The van der Waals surface area contributed by atoms with Gasteiger partial charge in [0.2, 0.25) is 0 Å². The first kappa shape index (κ1) is 10.5. The van der Waals surface area contributed by atoms with Crippen molar-refractivity contribution in [3.8, 4) is 0 Å². The SMILES string of the molecule is c1ccc(C(c2ccccc2)C2CCN2)cc1. The molecule has 1 aliphatic rings. The summed E-state index contributed by atoms with van der Waals surface area (Å²) < 4.78 is 0. The largest absolute Gasteiger partial charge is 0.313 e. The van der Waals surface area contributed by atoms with Crippen LogP contribution in [-0.2, 0) is 0 Å². The van der Waals surface area contributed by atoms with Gasteiger partial charge >= 0.3 is 0 Å². The molecule has 1 atom stereocenters. The van der Waals surface area contributed by atoms with E-state index in [4.69, 9.17) is 0 Å². The maximum Gasteiger partial charge on any atom is 0.0243 e. The number of hydrogen-bond acceptors (Lipinski definition) is 1. The van der Waals surface area contributed by atoms with Crippen molar-refractivity contribution in [3.05, 3.63) is 71.8 Å². The maximum atomic E-state index is 3.54. The fourth-order valence-corrected chi connectivity index (χ4v) is 2.57. The minimum absolute atomic E-state index is 0.492. The molecule has 1 N–H and O–H groups in total. The van der Waals surface area contributed by atoms with Crippen molar-refractivity contribution in [1.29, 1.82) is 0 Å². The van der Waals surface area contributed by atoms with Crippen molar-refractivity contribution >= 4 is 0 Å². The van der Waals surface area contributed by atoms with E-state index in [0.29, 0.717) is 12.0 Å². The molecule has 0 spiro atoms. The molecule has 0 bridgehead atoms. The van der Waals surface area contributed by atoms with Gasteiger partial charge in [0.25, 0.3) is 0 Å². The summed E-state index contributed by atoms with van der Waals surface area (Å²) in [7, 11) is 0. The van der Waals surface area contributed by atoms with E-state index < -0.39 is 0 Å². The Morgan fingerprint density at radius 3 is 1.65 bits per heavy atom. The summed E-state index contributed by atoms with van der Waals surface area (Å²) >= 11 is 0. The fourth-order valence-electron chi connectivity index (χ4n) is 2.57. The van der Waals surface area contributed by atoms with Crippen molar-refractivity contribution in [2.75, 3.05) is 6.54 Å². The molecule has 1 unspecified atom stereocenters. The van der Waals surface area contributed by atoms with Crippen molar-refractivity contribution in [2.24, 2.45) is 0 Å². The minimum atomic E-state index is 0.492. The lowest BCUT2D eigenvalue weighted by atomic mass is 9.81. The number of hydrogen-bond donors (Lipinski definition) is 1. The molecule has 0 amide bonds. The van der Waals surface area contributed by atoms with Crippen LogP contribution >= 0.6 is 0 Å². The molecule has 1 saturated heterocycles. The van der Waals surface area contributed by atoms with Crippen molar-refractivity contribution in [1.82, 2.24) is 5.32 Å². The molecular formula is C16H17N.